The Bertz CT molecular complexity index is 349. The Hall–Kier alpha value is -0.830. The van der Waals surface area contributed by atoms with Crippen molar-refractivity contribution in [3.8, 4) is 5.75 Å². The van der Waals surface area contributed by atoms with Crippen molar-refractivity contribution < 1.29 is 9.53 Å². The SMILES string of the molecule is COc1cccc(C(C)C(Br)C(C)=O)c1. The van der Waals surface area contributed by atoms with Crippen LogP contribution in [0, 0.1) is 0 Å². The van der Waals surface area contributed by atoms with Gasteiger partial charge in [0.25, 0.3) is 0 Å². The fraction of sp³-hybridized carbons (Fsp3) is 0.417. The lowest BCUT2D eigenvalue weighted by molar-refractivity contribution is -0.116. The van der Waals surface area contributed by atoms with Crippen LogP contribution in [0.3, 0.4) is 0 Å². The summed E-state index contributed by atoms with van der Waals surface area (Å²) in [6.07, 6.45) is 0. The molecule has 82 valence electrons. The molecule has 0 aliphatic carbocycles. The Labute approximate surface area is 98.8 Å². The first-order valence-corrected chi connectivity index (χ1v) is 5.76. The van der Waals surface area contributed by atoms with Gasteiger partial charge in [-0.3, -0.25) is 4.79 Å². The maximum absolute atomic E-state index is 11.2. The van der Waals surface area contributed by atoms with E-state index in [0.717, 1.165) is 11.3 Å². The lowest BCUT2D eigenvalue weighted by atomic mass is 9.96. The number of ether oxygens (including phenoxy) is 1. The molecule has 2 atom stereocenters. The average molecular weight is 271 g/mol. The number of ketones is 1. The molecule has 0 aromatic heterocycles. The van der Waals surface area contributed by atoms with E-state index in [0.29, 0.717) is 0 Å². The molecule has 0 aliphatic rings. The van der Waals surface area contributed by atoms with E-state index in [4.69, 9.17) is 4.74 Å². The molecule has 15 heavy (non-hydrogen) atoms. The molecule has 2 unspecified atom stereocenters. The lowest BCUT2D eigenvalue weighted by Gasteiger charge is -2.16. The Morgan fingerprint density at radius 3 is 2.67 bits per heavy atom. The first-order chi connectivity index (χ1) is 7.06. The molecule has 0 bridgehead atoms. The Morgan fingerprint density at radius 1 is 1.47 bits per heavy atom. The van der Waals surface area contributed by atoms with E-state index in [-0.39, 0.29) is 16.5 Å². The van der Waals surface area contributed by atoms with E-state index in [1.165, 1.54) is 0 Å². The van der Waals surface area contributed by atoms with Gasteiger partial charge in [0.15, 0.2) is 0 Å². The molecule has 0 saturated carbocycles. The van der Waals surface area contributed by atoms with E-state index in [1.54, 1.807) is 14.0 Å². The number of hydrogen-bond donors (Lipinski definition) is 0. The van der Waals surface area contributed by atoms with E-state index < -0.39 is 0 Å². The molecule has 2 nitrogen and oxygen atoms in total. The monoisotopic (exact) mass is 270 g/mol. The van der Waals surface area contributed by atoms with Gasteiger partial charge in [0.2, 0.25) is 0 Å². The summed E-state index contributed by atoms with van der Waals surface area (Å²) in [4.78, 5) is 11.1. The second-order valence-corrected chi connectivity index (χ2v) is 4.56. The predicted molar refractivity (Wildman–Crippen MR) is 64.8 cm³/mol. The quantitative estimate of drug-likeness (QED) is 0.786. The fourth-order valence-electron chi connectivity index (χ4n) is 1.45. The van der Waals surface area contributed by atoms with Crippen LogP contribution >= 0.6 is 15.9 Å². The summed E-state index contributed by atoms with van der Waals surface area (Å²) in [5.41, 5.74) is 1.10. The van der Waals surface area contributed by atoms with Crippen molar-refractivity contribution in [1.82, 2.24) is 0 Å². The number of halogens is 1. The summed E-state index contributed by atoms with van der Waals surface area (Å²) >= 11 is 3.40. The van der Waals surface area contributed by atoms with Gasteiger partial charge in [-0.1, -0.05) is 35.0 Å². The second-order valence-electron chi connectivity index (χ2n) is 3.58. The summed E-state index contributed by atoms with van der Waals surface area (Å²) in [5, 5.41) is 0. The van der Waals surface area contributed by atoms with Crippen LogP contribution in [0.25, 0.3) is 0 Å². The molecule has 0 radical (unpaired) electrons. The molecule has 0 N–H and O–H groups in total. The molecule has 1 aromatic rings. The number of benzene rings is 1. The van der Waals surface area contributed by atoms with Gasteiger partial charge in [-0.25, -0.2) is 0 Å². The third-order valence-corrected chi connectivity index (χ3v) is 3.88. The van der Waals surface area contributed by atoms with Crippen LogP contribution in [0.1, 0.15) is 25.3 Å². The van der Waals surface area contributed by atoms with Gasteiger partial charge in [-0.15, -0.1) is 0 Å². The normalized spacial score (nSPS) is 14.4. The summed E-state index contributed by atoms with van der Waals surface area (Å²) in [5.74, 6) is 1.12. The minimum absolute atomic E-state index is 0.135. The average Bonchev–Trinajstić information content (AvgIpc) is 2.27. The van der Waals surface area contributed by atoms with Crippen molar-refractivity contribution in [2.75, 3.05) is 7.11 Å². The van der Waals surface area contributed by atoms with Crippen LogP contribution in [-0.4, -0.2) is 17.7 Å². The number of rotatable bonds is 4. The molecule has 0 spiro atoms. The fourth-order valence-corrected chi connectivity index (χ4v) is 1.75. The largest absolute Gasteiger partial charge is 0.497 e. The van der Waals surface area contributed by atoms with Crippen molar-refractivity contribution in [3.63, 3.8) is 0 Å². The maximum Gasteiger partial charge on any atom is 0.144 e. The van der Waals surface area contributed by atoms with Crippen LogP contribution in [-0.2, 0) is 4.79 Å². The van der Waals surface area contributed by atoms with Gasteiger partial charge in [0, 0.05) is 5.92 Å². The van der Waals surface area contributed by atoms with Crippen LogP contribution in [0.15, 0.2) is 24.3 Å². The lowest BCUT2D eigenvalue weighted by Crippen LogP contribution is -2.17. The molecular formula is C12H15BrO2. The number of carbonyl (C=O) groups excluding carboxylic acids is 1. The molecule has 0 aliphatic heterocycles. The summed E-state index contributed by atoms with van der Waals surface area (Å²) < 4.78 is 5.14. The summed E-state index contributed by atoms with van der Waals surface area (Å²) in [7, 11) is 1.64. The molecule has 0 fully saturated rings. The van der Waals surface area contributed by atoms with Gasteiger partial charge >= 0.3 is 0 Å². The standard InChI is InChI=1S/C12H15BrO2/c1-8(12(13)9(2)14)10-5-4-6-11(7-10)15-3/h4-8,12H,1-3H3. The minimum atomic E-state index is -0.135. The number of hydrogen-bond acceptors (Lipinski definition) is 2. The predicted octanol–water partition coefficient (Wildman–Crippen LogP) is 3.15. The van der Waals surface area contributed by atoms with Crippen molar-refractivity contribution >= 4 is 21.7 Å². The zero-order valence-corrected chi connectivity index (χ0v) is 10.7. The molecule has 3 heteroatoms. The van der Waals surface area contributed by atoms with Crippen molar-refractivity contribution in [3.05, 3.63) is 29.8 Å². The van der Waals surface area contributed by atoms with E-state index in [9.17, 15) is 4.79 Å². The molecule has 0 saturated heterocycles. The van der Waals surface area contributed by atoms with Crippen LogP contribution in [0.4, 0.5) is 0 Å². The highest BCUT2D eigenvalue weighted by molar-refractivity contribution is 9.10. The zero-order valence-electron chi connectivity index (χ0n) is 9.16. The summed E-state index contributed by atoms with van der Waals surface area (Å²) in [6, 6.07) is 7.80. The van der Waals surface area contributed by atoms with Gasteiger partial charge in [-0.2, -0.15) is 0 Å². The highest BCUT2D eigenvalue weighted by Crippen LogP contribution is 2.27. The van der Waals surface area contributed by atoms with Crippen LogP contribution < -0.4 is 4.74 Å². The third-order valence-electron chi connectivity index (χ3n) is 2.45. The van der Waals surface area contributed by atoms with E-state index in [1.807, 2.05) is 31.2 Å². The van der Waals surface area contributed by atoms with Gasteiger partial charge in [0.1, 0.15) is 11.5 Å². The number of carbonyl (C=O) groups is 1. The topological polar surface area (TPSA) is 26.3 Å². The van der Waals surface area contributed by atoms with Crippen LogP contribution in [0.2, 0.25) is 0 Å². The first kappa shape index (κ1) is 12.2. The highest BCUT2D eigenvalue weighted by Gasteiger charge is 2.20. The number of methoxy groups -OCH3 is 1. The molecule has 1 rings (SSSR count). The highest BCUT2D eigenvalue weighted by atomic mass is 79.9. The first-order valence-electron chi connectivity index (χ1n) is 4.84. The smallest absolute Gasteiger partial charge is 0.144 e. The summed E-state index contributed by atoms with van der Waals surface area (Å²) in [6.45, 7) is 3.62. The number of Topliss-reactive ketones (excluding diaryl/α,β-unsaturated/α-hetero) is 1. The third kappa shape index (κ3) is 3.06. The number of alkyl halides is 1. The second kappa shape index (κ2) is 5.31. The Balaban J connectivity index is 2.90. The molecule has 0 amide bonds. The van der Waals surface area contributed by atoms with Crippen molar-refractivity contribution in [2.45, 2.75) is 24.6 Å². The van der Waals surface area contributed by atoms with Gasteiger partial charge in [-0.05, 0) is 24.6 Å². The van der Waals surface area contributed by atoms with E-state index >= 15 is 0 Å². The van der Waals surface area contributed by atoms with Gasteiger partial charge < -0.3 is 4.74 Å². The Kier molecular flexibility index (Phi) is 4.33. The van der Waals surface area contributed by atoms with Crippen molar-refractivity contribution in [2.24, 2.45) is 0 Å². The zero-order chi connectivity index (χ0) is 11.4. The molecule has 1 aromatic carbocycles. The van der Waals surface area contributed by atoms with Crippen molar-refractivity contribution in [1.29, 1.82) is 0 Å². The molecular weight excluding hydrogens is 256 g/mol. The Morgan fingerprint density at radius 2 is 2.13 bits per heavy atom. The molecule has 0 heterocycles. The van der Waals surface area contributed by atoms with Gasteiger partial charge in [0.05, 0.1) is 11.9 Å². The van der Waals surface area contributed by atoms with Crippen LogP contribution in [0.5, 0.6) is 5.75 Å². The minimum Gasteiger partial charge on any atom is -0.497 e. The van der Waals surface area contributed by atoms with E-state index in [2.05, 4.69) is 15.9 Å². The maximum atomic E-state index is 11.2.